The van der Waals surface area contributed by atoms with Crippen LogP contribution < -0.4 is 0 Å². The van der Waals surface area contributed by atoms with E-state index in [4.69, 9.17) is 9.46 Å². The Labute approximate surface area is 109 Å². The van der Waals surface area contributed by atoms with Crippen LogP contribution in [0.2, 0.25) is 0 Å². The summed E-state index contributed by atoms with van der Waals surface area (Å²) in [5, 5.41) is 0. The van der Waals surface area contributed by atoms with Crippen LogP contribution in [0.15, 0.2) is 0 Å². The molecule has 0 radical (unpaired) electrons. The van der Waals surface area contributed by atoms with Crippen LogP contribution in [0.5, 0.6) is 0 Å². The summed E-state index contributed by atoms with van der Waals surface area (Å²) >= 11 is 0. The minimum atomic E-state index is -0.833. The van der Waals surface area contributed by atoms with Crippen molar-refractivity contribution in [2.75, 3.05) is 0 Å². The van der Waals surface area contributed by atoms with E-state index >= 15 is 0 Å². The lowest BCUT2D eigenvalue weighted by Crippen LogP contribution is -1.96. The molecule has 0 aliphatic carbocycles. The molecule has 3 heteroatoms. The van der Waals surface area contributed by atoms with Crippen molar-refractivity contribution in [1.82, 2.24) is 0 Å². The average Bonchev–Trinajstić information content (AvgIpc) is 2.34. The molecule has 2 nitrogen and oxygen atoms in total. The second-order valence-corrected chi connectivity index (χ2v) is 4.84. The maximum Gasteiger partial charge on any atom is 0.324 e. The van der Waals surface area contributed by atoms with Gasteiger partial charge in [-0.05, 0) is 5.92 Å². The third kappa shape index (κ3) is 18.6. The minimum absolute atomic E-state index is 0.833. The van der Waals surface area contributed by atoms with Crippen molar-refractivity contribution in [2.45, 2.75) is 85.0 Å². The fourth-order valence-corrected chi connectivity index (χ4v) is 2.09. The molecule has 0 aromatic rings. The van der Waals surface area contributed by atoms with Crippen molar-refractivity contribution in [1.29, 1.82) is 0 Å². The highest BCUT2D eigenvalue weighted by Crippen LogP contribution is 2.17. The molecular formula is C14H31O2P. The van der Waals surface area contributed by atoms with E-state index in [1.54, 1.807) is 0 Å². The van der Waals surface area contributed by atoms with Gasteiger partial charge in [0.05, 0.1) is 0 Å². The van der Waals surface area contributed by atoms with Crippen molar-refractivity contribution in [3.8, 4) is 0 Å². The van der Waals surface area contributed by atoms with Gasteiger partial charge in [-0.1, -0.05) is 85.0 Å². The molecule has 0 saturated carbocycles. The summed E-state index contributed by atoms with van der Waals surface area (Å²) in [4.78, 5) is 6.99. The molecule has 17 heavy (non-hydrogen) atoms. The van der Waals surface area contributed by atoms with Crippen molar-refractivity contribution in [2.24, 2.45) is 5.92 Å². The Morgan fingerprint density at radius 1 is 0.882 bits per heavy atom. The summed E-state index contributed by atoms with van der Waals surface area (Å²) in [7, 11) is -0.833. The summed E-state index contributed by atoms with van der Waals surface area (Å²) in [6, 6.07) is 0. The summed E-state index contributed by atoms with van der Waals surface area (Å²) in [6.45, 7) is 6.94. The Bertz CT molecular complexity index is 136. The van der Waals surface area contributed by atoms with E-state index in [1.807, 2.05) is 0 Å². The molecule has 0 unspecified atom stereocenters. The molecule has 0 spiro atoms. The molecule has 0 bridgehead atoms. The van der Waals surface area contributed by atoms with Gasteiger partial charge in [-0.3, -0.25) is 0 Å². The number of rotatable bonds is 10. The molecule has 0 fully saturated rings. The Hall–Kier alpha value is 0.0600. The van der Waals surface area contributed by atoms with E-state index < -0.39 is 8.69 Å². The van der Waals surface area contributed by atoms with E-state index in [-0.39, 0.29) is 0 Å². The van der Waals surface area contributed by atoms with Gasteiger partial charge in [-0.25, -0.2) is 4.57 Å². The van der Waals surface area contributed by atoms with Crippen LogP contribution in [0.4, 0.5) is 0 Å². The smallest absolute Gasteiger partial charge is 0.310 e. The summed E-state index contributed by atoms with van der Waals surface area (Å²) in [5.41, 5.74) is 0. The highest BCUT2D eigenvalue weighted by atomic mass is 31.1. The van der Waals surface area contributed by atoms with Gasteiger partial charge in [-0.2, -0.15) is 0 Å². The highest BCUT2D eigenvalue weighted by Gasteiger charge is 2.01. The van der Waals surface area contributed by atoms with Gasteiger partial charge in [0.15, 0.2) is 0 Å². The van der Waals surface area contributed by atoms with Crippen molar-refractivity contribution in [3.05, 3.63) is 0 Å². The molecular weight excluding hydrogens is 231 g/mol. The van der Waals surface area contributed by atoms with E-state index in [9.17, 15) is 0 Å². The van der Waals surface area contributed by atoms with Crippen LogP contribution in [0.1, 0.15) is 85.0 Å². The second kappa shape index (κ2) is 18.4. The van der Waals surface area contributed by atoms with E-state index in [2.05, 4.69) is 20.8 Å². The normalized spacial score (nSPS) is 10.4. The minimum Gasteiger partial charge on any atom is -0.310 e. The molecule has 0 atom stereocenters. The molecule has 0 heterocycles. The topological polar surface area (TPSA) is 37.3 Å². The SMILES string of the molecule is CCCCCCCCCC(CC)CC.O=PO. The largest absolute Gasteiger partial charge is 0.324 e. The molecule has 0 saturated heterocycles. The van der Waals surface area contributed by atoms with Crippen LogP contribution in [-0.2, 0) is 4.57 Å². The van der Waals surface area contributed by atoms with Crippen LogP contribution in [0.3, 0.4) is 0 Å². The number of hydrogen-bond acceptors (Lipinski definition) is 1. The maximum atomic E-state index is 8.46. The molecule has 0 rings (SSSR count). The van der Waals surface area contributed by atoms with Gasteiger partial charge < -0.3 is 4.89 Å². The van der Waals surface area contributed by atoms with Gasteiger partial charge in [0.2, 0.25) is 0 Å². The van der Waals surface area contributed by atoms with E-state index in [1.165, 1.54) is 64.2 Å². The van der Waals surface area contributed by atoms with Crippen LogP contribution >= 0.6 is 8.69 Å². The molecule has 0 aromatic carbocycles. The molecule has 0 amide bonds. The molecule has 0 aliphatic heterocycles. The lowest BCUT2D eigenvalue weighted by Gasteiger charge is -2.11. The van der Waals surface area contributed by atoms with Gasteiger partial charge >= 0.3 is 8.69 Å². The number of unbranched alkanes of at least 4 members (excludes halogenated alkanes) is 6. The lowest BCUT2D eigenvalue weighted by atomic mass is 9.96. The number of hydrogen-bond donors (Lipinski definition) is 1. The Balaban J connectivity index is 0. The van der Waals surface area contributed by atoms with Crippen molar-refractivity contribution < 1.29 is 9.46 Å². The first-order valence-electron chi connectivity index (χ1n) is 7.23. The summed E-state index contributed by atoms with van der Waals surface area (Å²) in [6.07, 6.45) is 14.4. The Kier molecular flexibility index (Phi) is 21.0. The summed E-state index contributed by atoms with van der Waals surface area (Å²) < 4.78 is 8.46. The zero-order valence-corrected chi connectivity index (χ0v) is 12.8. The molecule has 1 N–H and O–H groups in total. The van der Waals surface area contributed by atoms with E-state index in [0.29, 0.717) is 0 Å². The van der Waals surface area contributed by atoms with Gasteiger partial charge in [0.25, 0.3) is 0 Å². The third-order valence-corrected chi connectivity index (χ3v) is 3.37. The molecule has 0 aromatic heterocycles. The first-order valence-corrected chi connectivity index (χ1v) is 7.99. The maximum absolute atomic E-state index is 8.46. The predicted octanol–water partition coefficient (Wildman–Crippen LogP) is 5.75. The first-order chi connectivity index (χ1) is 8.26. The molecule has 104 valence electrons. The van der Waals surface area contributed by atoms with Crippen molar-refractivity contribution in [3.63, 3.8) is 0 Å². The average molecular weight is 262 g/mol. The monoisotopic (exact) mass is 262 g/mol. The highest BCUT2D eigenvalue weighted by molar-refractivity contribution is 7.16. The fourth-order valence-electron chi connectivity index (χ4n) is 2.09. The van der Waals surface area contributed by atoms with E-state index in [0.717, 1.165) is 5.92 Å². The van der Waals surface area contributed by atoms with Crippen molar-refractivity contribution >= 4 is 8.69 Å². The van der Waals surface area contributed by atoms with Gasteiger partial charge in [-0.15, -0.1) is 0 Å². The van der Waals surface area contributed by atoms with Crippen LogP contribution in [-0.4, -0.2) is 4.89 Å². The van der Waals surface area contributed by atoms with Crippen LogP contribution in [0, 0.1) is 5.92 Å². The standard InChI is InChI=1S/C14H30.HO2P/c1-4-7-8-9-10-11-12-13-14(5-2)6-3;1-3-2/h14H,4-13H2,1-3H3;(H,1,2). The second-order valence-electron chi connectivity index (χ2n) is 4.67. The van der Waals surface area contributed by atoms with Gasteiger partial charge in [0, 0.05) is 0 Å². The van der Waals surface area contributed by atoms with Gasteiger partial charge in [0.1, 0.15) is 0 Å². The lowest BCUT2D eigenvalue weighted by molar-refractivity contribution is 0.426. The Morgan fingerprint density at radius 2 is 1.29 bits per heavy atom. The Morgan fingerprint density at radius 3 is 1.71 bits per heavy atom. The summed E-state index contributed by atoms with van der Waals surface area (Å²) in [5.74, 6) is 1.01. The molecule has 0 aliphatic rings. The zero-order valence-electron chi connectivity index (χ0n) is 12.0. The predicted molar refractivity (Wildman–Crippen MR) is 76.5 cm³/mol. The first kappa shape index (κ1) is 19.4. The third-order valence-electron chi connectivity index (χ3n) is 3.37. The van der Waals surface area contributed by atoms with Crippen LogP contribution in [0.25, 0.3) is 0 Å². The quantitative estimate of drug-likeness (QED) is 0.402. The fraction of sp³-hybridized carbons (Fsp3) is 1.00. The zero-order chi connectivity index (χ0) is 13.4.